The third-order valence-corrected chi connectivity index (χ3v) is 5.31. The van der Waals surface area contributed by atoms with Crippen LogP contribution in [0.3, 0.4) is 0 Å². The van der Waals surface area contributed by atoms with Crippen molar-refractivity contribution in [3.05, 3.63) is 43.0 Å². The van der Waals surface area contributed by atoms with Crippen molar-refractivity contribution in [2.45, 2.75) is 72.3 Å². The Morgan fingerprint density at radius 2 is 1.84 bits per heavy atom. The first-order chi connectivity index (χ1) is 15.4. The second kappa shape index (κ2) is 13.6. The Morgan fingerprint density at radius 1 is 1.06 bits per heavy atom. The van der Waals surface area contributed by atoms with Gasteiger partial charge in [-0.1, -0.05) is 6.42 Å². The van der Waals surface area contributed by atoms with Crippen LogP contribution in [0.15, 0.2) is 43.0 Å². The van der Waals surface area contributed by atoms with Crippen LogP contribution in [0, 0.1) is 5.41 Å². The predicted octanol–water partition coefficient (Wildman–Crippen LogP) is 5.22. The lowest BCUT2D eigenvalue weighted by atomic mass is 9.87. The molecule has 176 valence electrons. The Labute approximate surface area is 191 Å². The number of imidazole rings is 1. The summed E-state index contributed by atoms with van der Waals surface area (Å²) in [5.41, 5.74) is 0.313. The number of esters is 1. The summed E-state index contributed by atoms with van der Waals surface area (Å²) in [6, 6.07) is 7.44. The lowest BCUT2D eigenvalue weighted by Gasteiger charge is -2.21. The number of nitrogens with one attached hydrogen (secondary N) is 1. The number of nitrogens with zero attached hydrogens (tertiary/aromatic N) is 2. The maximum atomic E-state index is 12.1. The number of carbonyl (C=O) groups excluding carboxylic acids is 2. The molecule has 7 nitrogen and oxygen atoms in total. The van der Waals surface area contributed by atoms with Gasteiger partial charge in [-0.25, -0.2) is 4.98 Å². The van der Waals surface area contributed by atoms with E-state index in [1.807, 2.05) is 62.1 Å². The lowest BCUT2D eigenvalue weighted by molar-refractivity contribution is -0.153. The zero-order chi connectivity index (χ0) is 23.2. The van der Waals surface area contributed by atoms with Crippen LogP contribution < -0.4 is 10.1 Å². The smallest absolute Gasteiger partial charge is 0.311 e. The Hall–Kier alpha value is -2.83. The van der Waals surface area contributed by atoms with Crippen LogP contribution in [0.2, 0.25) is 0 Å². The number of unbranched alkanes of at least 4 members (excludes halogenated alkanes) is 3. The van der Waals surface area contributed by atoms with E-state index in [0.29, 0.717) is 19.6 Å². The van der Waals surface area contributed by atoms with Crippen molar-refractivity contribution in [2.75, 3.05) is 18.5 Å². The summed E-state index contributed by atoms with van der Waals surface area (Å²) in [5, 5.41) is 2.93. The summed E-state index contributed by atoms with van der Waals surface area (Å²) in [6.07, 6.45) is 11.5. The summed E-state index contributed by atoms with van der Waals surface area (Å²) >= 11 is 0. The number of ether oxygens (including phenoxy) is 2. The molecular formula is C25H37N3O4. The van der Waals surface area contributed by atoms with E-state index in [-0.39, 0.29) is 11.9 Å². The van der Waals surface area contributed by atoms with Gasteiger partial charge < -0.3 is 19.4 Å². The zero-order valence-corrected chi connectivity index (χ0v) is 19.6. The summed E-state index contributed by atoms with van der Waals surface area (Å²) < 4.78 is 12.9. The van der Waals surface area contributed by atoms with Gasteiger partial charge in [-0.05, 0) is 77.1 Å². The van der Waals surface area contributed by atoms with Crippen LogP contribution in [-0.4, -0.2) is 34.6 Å². The highest BCUT2D eigenvalue weighted by atomic mass is 16.5. The fourth-order valence-corrected chi connectivity index (χ4v) is 3.32. The molecule has 1 heterocycles. The third-order valence-electron chi connectivity index (χ3n) is 5.31. The lowest BCUT2D eigenvalue weighted by Crippen LogP contribution is -2.26. The van der Waals surface area contributed by atoms with Gasteiger partial charge in [-0.15, -0.1) is 0 Å². The van der Waals surface area contributed by atoms with E-state index in [0.717, 1.165) is 56.5 Å². The Balaban J connectivity index is 1.57. The van der Waals surface area contributed by atoms with Crippen LogP contribution in [0.25, 0.3) is 0 Å². The van der Waals surface area contributed by atoms with Crippen molar-refractivity contribution in [2.24, 2.45) is 5.41 Å². The van der Waals surface area contributed by atoms with Crippen LogP contribution in [0.4, 0.5) is 5.69 Å². The second-order valence-electron chi connectivity index (χ2n) is 8.59. The number of rotatable bonds is 15. The average molecular weight is 444 g/mol. The van der Waals surface area contributed by atoms with Crippen molar-refractivity contribution in [1.82, 2.24) is 9.55 Å². The quantitative estimate of drug-likeness (QED) is 0.301. The number of aryl methyl sites for hydroxylation is 1. The minimum atomic E-state index is -0.462. The molecule has 0 atom stereocenters. The van der Waals surface area contributed by atoms with E-state index in [4.69, 9.17) is 9.47 Å². The highest BCUT2D eigenvalue weighted by Gasteiger charge is 2.28. The number of hydrogen-bond donors (Lipinski definition) is 1. The molecule has 2 aromatic rings. The van der Waals surface area contributed by atoms with Gasteiger partial charge in [-0.2, -0.15) is 0 Å². The molecule has 0 spiro atoms. The molecular weight excluding hydrogens is 406 g/mol. The van der Waals surface area contributed by atoms with Gasteiger partial charge in [0.25, 0.3) is 0 Å². The summed E-state index contributed by atoms with van der Waals surface area (Å²) in [4.78, 5) is 28.0. The first-order valence-corrected chi connectivity index (χ1v) is 11.6. The van der Waals surface area contributed by atoms with Crippen molar-refractivity contribution in [3.63, 3.8) is 0 Å². The maximum absolute atomic E-state index is 12.1. The van der Waals surface area contributed by atoms with Gasteiger partial charge in [0.2, 0.25) is 5.91 Å². The molecule has 0 bridgehead atoms. The Morgan fingerprint density at radius 3 is 2.53 bits per heavy atom. The molecule has 0 unspecified atom stereocenters. The van der Waals surface area contributed by atoms with E-state index in [2.05, 4.69) is 10.3 Å². The molecule has 1 aromatic heterocycles. The van der Waals surface area contributed by atoms with Crippen molar-refractivity contribution < 1.29 is 19.1 Å². The number of hydrogen-bond acceptors (Lipinski definition) is 5. The second-order valence-corrected chi connectivity index (χ2v) is 8.59. The third kappa shape index (κ3) is 9.54. The topological polar surface area (TPSA) is 82.5 Å². The zero-order valence-electron chi connectivity index (χ0n) is 19.6. The van der Waals surface area contributed by atoms with Gasteiger partial charge in [0.05, 0.1) is 25.0 Å². The van der Waals surface area contributed by atoms with Crippen molar-refractivity contribution in [3.8, 4) is 5.75 Å². The van der Waals surface area contributed by atoms with E-state index in [1.54, 1.807) is 6.20 Å². The van der Waals surface area contributed by atoms with Crippen LogP contribution >= 0.6 is 0 Å². The highest BCUT2D eigenvalue weighted by Crippen LogP contribution is 2.25. The molecule has 32 heavy (non-hydrogen) atoms. The van der Waals surface area contributed by atoms with Gasteiger partial charge in [0, 0.05) is 31.0 Å². The molecule has 1 N–H and O–H groups in total. The van der Waals surface area contributed by atoms with E-state index in [1.165, 1.54) is 0 Å². The van der Waals surface area contributed by atoms with Crippen molar-refractivity contribution >= 4 is 17.6 Å². The molecule has 0 aliphatic carbocycles. The molecule has 0 fully saturated rings. The van der Waals surface area contributed by atoms with Gasteiger partial charge in [-0.3, -0.25) is 9.59 Å². The normalized spacial score (nSPS) is 11.2. The van der Waals surface area contributed by atoms with E-state index >= 15 is 0 Å². The first-order valence-electron chi connectivity index (χ1n) is 11.6. The summed E-state index contributed by atoms with van der Waals surface area (Å²) in [5.74, 6) is 0.658. The molecule has 2 rings (SSSR count). The van der Waals surface area contributed by atoms with E-state index < -0.39 is 5.41 Å². The van der Waals surface area contributed by atoms with Crippen LogP contribution in [0.5, 0.6) is 5.75 Å². The largest absolute Gasteiger partial charge is 0.494 e. The molecule has 0 aliphatic heterocycles. The van der Waals surface area contributed by atoms with Gasteiger partial charge in [0.15, 0.2) is 0 Å². The van der Waals surface area contributed by atoms with E-state index in [9.17, 15) is 9.59 Å². The van der Waals surface area contributed by atoms with Crippen LogP contribution in [0.1, 0.15) is 65.7 Å². The minimum absolute atomic E-state index is 0.0329. The molecule has 0 saturated carbocycles. The molecule has 0 radical (unpaired) electrons. The summed E-state index contributed by atoms with van der Waals surface area (Å²) in [6.45, 7) is 7.59. The number of anilines is 1. The number of benzene rings is 1. The summed E-state index contributed by atoms with van der Waals surface area (Å²) in [7, 11) is 0. The number of aromatic nitrogens is 2. The number of carbonyl (C=O) groups is 2. The maximum Gasteiger partial charge on any atom is 0.311 e. The Bertz CT molecular complexity index is 801. The molecule has 1 aromatic carbocycles. The van der Waals surface area contributed by atoms with Crippen LogP contribution in [-0.2, 0) is 20.9 Å². The Kier molecular flexibility index (Phi) is 10.8. The minimum Gasteiger partial charge on any atom is -0.494 e. The molecule has 0 aliphatic rings. The first kappa shape index (κ1) is 25.4. The average Bonchev–Trinajstić information content (AvgIpc) is 3.28. The SMILES string of the molecule is CCOC(=O)C(C)(C)CCCCOc1ccc(NC(=O)CCCCCn2ccnc2)cc1. The molecule has 0 saturated heterocycles. The van der Waals surface area contributed by atoms with Crippen molar-refractivity contribution in [1.29, 1.82) is 0 Å². The fourth-order valence-electron chi connectivity index (χ4n) is 3.32. The standard InChI is InChI=1S/C25H37N3O4/c1-4-31-24(30)25(2,3)15-7-9-19-32-22-13-11-21(12-14-22)27-23(29)10-6-5-8-17-28-18-16-26-20-28/h11-14,16,18,20H,4-10,15,17,19H2,1-3H3,(H,27,29). The molecule has 1 amide bonds. The predicted molar refractivity (Wildman–Crippen MR) is 126 cm³/mol. The van der Waals surface area contributed by atoms with Gasteiger partial charge >= 0.3 is 5.97 Å². The highest BCUT2D eigenvalue weighted by molar-refractivity contribution is 5.90. The van der Waals surface area contributed by atoms with Gasteiger partial charge in [0.1, 0.15) is 5.75 Å². The fraction of sp³-hybridized carbons (Fsp3) is 0.560. The monoisotopic (exact) mass is 443 g/mol. The molecule has 7 heteroatoms. The number of amides is 1.